The van der Waals surface area contributed by atoms with Crippen LogP contribution < -0.4 is 0 Å². The Morgan fingerprint density at radius 3 is 2.89 bits per heavy atom. The average Bonchev–Trinajstić information content (AvgIpc) is 3.07. The summed E-state index contributed by atoms with van der Waals surface area (Å²) < 4.78 is 5.37. The molecule has 2 aromatic heterocycles. The van der Waals surface area contributed by atoms with Crippen LogP contribution in [0.4, 0.5) is 0 Å². The van der Waals surface area contributed by atoms with Gasteiger partial charge in [-0.15, -0.1) is 11.3 Å². The Labute approximate surface area is 117 Å². The van der Waals surface area contributed by atoms with Gasteiger partial charge in [0.25, 0.3) is 0 Å². The molecule has 0 aliphatic carbocycles. The zero-order chi connectivity index (χ0) is 13.5. The van der Waals surface area contributed by atoms with Crippen LogP contribution in [-0.2, 0) is 13.1 Å². The van der Waals surface area contributed by atoms with Crippen LogP contribution in [-0.4, -0.2) is 23.2 Å². The van der Waals surface area contributed by atoms with Crippen molar-refractivity contribution in [2.24, 2.45) is 0 Å². The van der Waals surface area contributed by atoms with Gasteiger partial charge in [-0.1, -0.05) is 18.8 Å². The molecule has 0 amide bonds. The molecule has 1 N–H and O–H groups in total. The summed E-state index contributed by atoms with van der Waals surface area (Å²) in [5.41, 5.74) is 0. The van der Waals surface area contributed by atoms with Crippen molar-refractivity contribution in [1.29, 1.82) is 0 Å². The van der Waals surface area contributed by atoms with Crippen LogP contribution in [0.15, 0.2) is 34.9 Å². The number of hydrogen-bond acceptors (Lipinski definition) is 4. The van der Waals surface area contributed by atoms with Gasteiger partial charge in [-0.05, 0) is 30.8 Å². The summed E-state index contributed by atoms with van der Waals surface area (Å²) in [5, 5.41) is 8.67. The Morgan fingerprint density at radius 1 is 1.32 bits per heavy atom. The monoisotopic (exact) mass is 275 g/mol. The summed E-state index contributed by atoms with van der Waals surface area (Å²) in [6.45, 7) is 4.73. The van der Waals surface area contributed by atoms with E-state index in [0.717, 1.165) is 30.3 Å². The number of furan rings is 1. The number of nitrogens with zero attached hydrogens (tertiary/aromatic N) is 1. The van der Waals surface area contributed by atoms with Gasteiger partial charge >= 0.3 is 0 Å². The number of hydrogen-bond donors (Lipinski definition) is 1. The van der Waals surface area contributed by atoms with E-state index in [1.807, 2.05) is 18.2 Å². The zero-order valence-corrected chi connectivity index (χ0v) is 11.7. The molecule has 0 saturated carbocycles. The third-order valence-corrected chi connectivity index (χ3v) is 3.72. The molecule has 2 aromatic rings. The van der Waals surface area contributed by atoms with Gasteiger partial charge in [0.1, 0.15) is 12.4 Å². The molecule has 0 fully saturated rings. The Balaban J connectivity index is 1.96. The molecular formula is C15H17NO2S. The van der Waals surface area contributed by atoms with Gasteiger partial charge in [-0.25, -0.2) is 0 Å². The second kappa shape index (κ2) is 7.15. The van der Waals surface area contributed by atoms with E-state index in [0.29, 0.717) is 0 Å². The van der Waals surface area contributed by atoms with E-state index in [4.69, 9.17) is 9.52 Å². The fraction of sp³-hybridized carbons (Fsp3) is 0.333. The second-order valence-corrected chi connectivity index (χ2v) is 5.28. The highest BCUT2D eigenvalue weighted by molar-refractivity contribution is 7.12. The van der Waals surface area contributed by atoms with Crippen molar-refractivity contribution in [3.05, 3.63) is 46.0 Å². The van der Waals surface area contributed by atoms with Gasteiger partial charge in [-0.3, -0.25) is 4.90 Å². The fourth-order valence-corrected chi connectivity index (χ4v) is 2.70. The molecule has 0 aliphatic rings. The van der Waals surface area contributed by atoms with Crippen molar-refractivity contribution < 1.29 is 9.52 Å². The lowest BCUT2D eigenvalue weighted by atomic mass is 10.3. The summed E-state index contributed by atoms with van der Waals surface area (Å²) in [7, 11) is 0. The molecule has 3 nitrogen and oxygen atoms in total. The number of thiophene rings is 1. The predicted octanol–water partition coefficient (Wildman–Crippen LogP) is 2.71. The first kappa shape index (κ1) is 13.9. The van der Waals surface area contributed by atoms with Crippen LogP contribution in [0, 0.1) is 11.8 Å². The molecule has 19 heavy (non-hydrogen) atoms. The van der Waals surface area contributed by atoms with Crippen molar-refractivity contribution in [3.8, 4) is 11.8 Å². The smallest absolute Gasteiger partial charge is 0.117 e. The number of aliphatic hydroxyl groups is 1. The van der Waals surface area contributed by atoms with Gasteiger partial charge in [0.05, 0.1) is 17.7 Å². The van der Waals surface area contributed by atoms with E-state index < -0.39 is 0 Å². The molecule has 0 aliphatic heterocycles. The summed E-state index contributed by atoms with van der Waals surface area (Å²) >= 11 is 1.67. The highest BCUT2D eigenvalue weighted by atomic mass is 32.1. The third-order valence-electron chi connectivity index (χ3n) is 2.74. The van der Waals surface area contributed by atoms with E-state index in [1.165, 1.54) is 4.88 Å². The van der Waals surface area contributed by atoms with Crippen molar-refractivity contribution in [2.45, 2.75) is 20.0 Å². The largest absolute Gasteiger partial charge is 0.468 e. The summed E-state index contributed by atoms with van der Waals surface area (Å²) in [4.78, 5) is 4.59. The molecule has 0 aromatic carbocycles. The van der Waals surface area contributed by atoms with Gasteiger partial charge in [0, 0.05) is 11.4 Å². The minimum Gasteiger partial charge on any atom is -0.468 e. The minimum atomic E-state index is -0.0905. The lowest BCUT2D eigenvalue weighted by Crippen LogP contribution is -2.21. The Kier molecular flexibility index (Phi) is 5.22. The molecule has 100 valence electrons. The maximum absolute atomic E-state index is 8.67. The van der Waals surface area contributed by atoms with Crippen LogP contribution in [0.2, 0.25) is 0 Å². The van der Waals surface area contributed by atoms with Crippen molar-refractivity contribution in [2.75, 3.05) is 13.2 Å². The molecule has 2 heterocycles. The molecule has 0 radical (unpaired) electrons. The van der Waals surface area contributed by atoms with Gasteiger partial charge in [0.15, 0.2) is 0 Å². The first-order valence-corrected chi connectivity index (χ1v) is 7.06. The quantitative estimate of drug-likeness (QED) is 0.852. The first-order valence-electron chi connectivity index (χ1n) is 6.25. The minimum absolute atomic E-state index is 0.0905. The average molecular weight is 275 g/mol. The molecular weight excluding hydrogens is 258 g/mol. The van der Waals surface area contributed by atoms with Gasteiger partial charge in [0.2, 0.25) is 0 Å². The molecule has 0 saturated heterocycles. The van der Waals surface area contributed by atoms with E-state index in [9.17, 15) is 0 Å². The zero-order valence-electron chi connectivity index (χ0n) is 10.9. The van der Waals surface area contributed by atoms with Crippen molar-refractivity contribution in [1.82, 2.24) is 4.90 Å². The van der Waals surface area contributed by atoms with Crippen molar-refractivity contribution in [3.63, 3.8) is 0 Å². The third kappa shape index (κ3) is 4.25. The Morgan fingerprint density at radius 2 is 2.21 bits per heavy atom. The standard InChI is InChI=1S/C15H17NO2S/c1-2-16(11-13-5-4-10-18-13)12-15-8-7-14(19-15)6-3-9-17/h4-5,7-8,10,17H,2,9,11-12H2,1H3. The summed E-state index contributed by atoms with van der Waals surface area (Å²) in [6, 6.07) is 8.01. The van der Waals surface area contributed by atoms with Crippen LogP contribution in [0.5, 0.6) is 0 Å². The van der Waals surface area contributed by atoms with Crippen LogP contribution >= 0.6 is 11.3 Å². The molecule has 0 spiro atoms. The van der Waals surface area contributed by atoms with Crippen LogP contribution in [0.25, 0.3) is 0 Å². The molecule has 0 atom stereocenters. The van der Waals surface area contributed by atoms with E-state index in [-0.39, 0.29) is 6.61 Å². The summed E-state index contributed by atoms with van der Waals surface area (Å²) in [6.07, 6.45) is 1.71. The summed E-state index contributed by atoms with van der Waals surface area (Å²) in [5.74, 6) is 6.59. The highest BCUT2D eigenvalue weighted by Gasteiger charge is 2.08. The molecule has 2 rings (SSSR count). The Bertz CT molecular complexity index is 548. The lowest BCUT2D eigenvalue weighted by molar-refractivity contribution is 0.250. The lowest BCUT2D eigenvalue weighted by Gasteiger charge is -2.17. The normalized spacial score (nSPS) is 10.5. The first-order chi connectivity index (χ1) is 9.31. The number of aliphatic hydroxyl groups excluding tert-OH is 1. The maximum atomic E-state index is 8.67. The topological polar surface area (TPSA) is 36.6 Å². The predicted molar refractivity (Wildman–Crippen MR) is 76.8 cm³/mol. The molecule has 0 unspecified atom stereocenters. The maximum Gasteiger partial charge on any atom is 0.117 e. The molecule has 0 bridgehead atoms. The van der Waals surface area contributed by atoms with E-state index >= 15 is 0 Å². The number of rotatable bonds is 5. The van der Waals surface area contributed by atoms with Crippen molar-refractivity contribution >= 4 is 11.3 Å². The van der Waals surface area contributed by atoms with Gasteiger partial charge in [-0.2, -0.15) is 0 Å². The van der Waals surface area contributed by atoms with Crippen LogP contribution in [0.3, 0.4) is 0 Å². The van der Waals surface area contributed by atoms with E-state index in [2.05, 4.69) is 29.7 Å². The van der Waals surface area contributed by atoms with E-state index in [1.54, 1.807) is 17.6 Å². The SMILES string of the molecule is CCN(Cc1ccco1)Cc1ccc(C#CCO)s1. The fourth-order valence-electron chi connectivity index (χ4n) is 1.78. The Hall–Kier alpha value is -1.54. The second-order valence-electron chi connectivity index (χ2n) is 4.11. The van der Waals surface area contributed by atoms with Gasteiger partial charge < -0.3 is 9.52 Å². The van der Waals surface area contributed by atoms with Crippen LogP contribution in [0.1, 0.15) is 22.4 Å². The highest BCUT2D eigenvalue weighted by Crippen LogP contribution is 2.18. The molecule has 4 heteroatoms.